The zero-order valence-electron chi connectivity index (χ0n) is 33.8. The second-order valence-electron chi connectivity index (χ2n) is 15.9. The van der Waals surface area contributed by atoms with Crippen molar-refractivity contribution in [1.29, 1.82) is 0 Å². The number of aromatic nitrogens is 6. The molecule has 0 unspecified atom stereocenters. The van der Waals surface area contributed by atoms with E-state index >= 15 is 0 Å². The summed E-state index contributed by atoms with van der Waals surface area (Å²) in [6.45, 7) is 0. The molecule has 4 heterocycles. The van der Waals surface area contributed by atoms with E-state index in [1.54, 1.807) is 0 Å². The number of hydrogen-bond donors (Lipinski definition) is 0. The van der Waals surface area contributed by atoms with Crippen LogP contribution in [0.1, 0.15) is 0 Å². The fraction of sp³-hybridized carbons (Fsp3) is 0. The first-order chi connectivity index (χ1) is 31.2. The molecular formula is C56H35ClN6. The Morgan fingerprint density at radius 1 is 0.302 bits per heavy atom. The Hall–Kier alpha value is -8.19. The summed E-state index contributed by atoms with van der Waals surface area (Å²) in [5.41, 5.74) is 14.1. The summed E-state index contributed by atoms with van der Waals surface area (Å²) in [6, 6.07) is 74.4. The van der Waals surface area contributed by atoms with Crippen molar-refractivity contribution in [1.82, 2.24) is 28.2 Å². The van der Waals surface area contributed by atoms with Crippen molar-refractivity contribution in [2.75, 3.05) is 0 Å². The maximum Gasteiger partial charge on any atom is 0.146 e. The van der Waals surface area contributed by atoms with Gasteiger partial charge in [0.25, 0.3) is 0 Å². The fourth-order valence-electron chi connectivity index (χ4n) is 9.88. The molecule has 0 aliphatic heterocycles. The quantitative estimate of drug-likeness (QED) is 0.168. The lowest BCUT2D eigenvalue weighted by Crippen LogP contribution is -2.04. The van der Waals surface area contributed by atoms with Gasteiger partial charge in [-0.05, 0) is 84.9 Å². The van der Waals surface area contributed by atoms with Gasteiger partial charge >= 0.3 is 0 Å². The molecule has 0 aliphatic carbocycles. The Balaban J connectivity index is 1.07. The molecule has 13 rings (SSSR count). The second-order valence-corrected chi connectivity index (χ2v) is 16.3. The van der Waals surface area contributed by atoms with Crippen molar-refractivity contribution in [3.8, 4) is 45.5 Å². The molecule has 6 nitrogen and oxygen atoms in total. The zero-order valence-corrected chi connectivity index (χ0v) is 34.5. The summed E-state index contributed by atoms with van der Waals surface area (Å²) in [7, 11) is 0. The number of imidazole rings is 2. The van der Waals surface area contributed by atoms with E-state index < -0.39 is 0 Å². The van der Waals surface area contributed by atoms with Crippen LogP contribution in [0.5, 0.6) is 0 Å². The van der Waals surface area contributed by atoms with Crippen LogP contribution in [0.2, 0.25) is 5.02 Å². The van der Waals surface area contributed by atoms with Crippen LogP contribution in [0.15, 0.2) is 212 Å². The molecule has 0 radical (unpaired) electrons. The number of para-hydroxylation sites is 8. The standard InChI is InChI=1S/C56H35ClN6/c57-54-50(62-46-30-13-9-26-42(46)58-55(62)40-24-15-32-48-52(40)38-22-7-11-28-44(38)60(48)36-18-3-1-4-19-36)34-17-35-51(54)63-47-31-14-10-27-43(47)59-56(63)41-25-16-33-49-53(41)39-23-8-12-29-45(39)61(49)37-20-5-2-6-21-37/h1-35H. The van der Waals surface area contributed by atoms with Crippen LogP contribution >= 0.6 is 11.6 Å². The van der Waals surface area contributed by atoms with Crippen molar-refractivity contribution in [2.45, 2.75) is 0 Å². The Bertz CT molecular complexity index is 3670. The minimum Gasteiger partial charge on any atom is -0.309 e. The molecule has 9 aromatic carbocycles. The van der Waals surface area contributed by atoms with Crippen molar-refractivity contribution >= 4 is 77.3 Å². The zero-order chi connectivity index (χ0) is 41.6. The van der Waals surface area contributed by atoms with Gasteiger partial charge in [-0.15, -0.1) is 0 Å². The van der Waals surface area contributed by atoms with Gasteiger partial charge in [0, 0.05) is 44.0 Å². The summed E-state index contributed by atoms with van der Waals surface area (Å²) in [5.74, 6) is 1.62. The highest BCUT2D eigenvalue weighted by atomic mass is 35.5. The molecule has 13 aromatic rings. The monoisotopic (exact) mass is 826 g/mol. The van der Waals surface area contributed by atoms with Crippen LogP contribution in [-0.2, 0) is 0 Å². The van der Waals surface area contributed by atoms with Gasteiger partial charge in [-0.25, -0.2) is 9.97 Å². The Morgan fingerprint density at radius 3 is 1.13 bits per heavy atom. The average molecular weight is 827 g/mol. The van der Waals surface area contributed by atoms with Gasteiger partial charge in [0.15, 0.2) is 0 Å². The van der Waals surface area contributed by atoms with Crippen molar-refractivity contribution in [3.05, 3.63) is 217 Å². The Morgan fingerprint density at radius 2 is 0.667 bits per heavy atom. The number of rotatable bonds is 6. The molecule has 0 bridgehead atoms. The van der Waals surface area contributed by atoms with Gasteiger partial charge in [0.05, 0.1) is 60.5 Å². The van der Waals surface area contributed by atoms with Crippen LogP contribution in [-0.4, -0.2) is 28.2 Å². The number of benzene rings is 9. The number of nitrogens with zero attached hydrogens (tertiary/aromatic N) is 6. The number of fused-ring (bicyclic) bond motifs is 8. The van der Waals surface area contributed by atoms with Crippen LogP contribution < -0.4 is 0 Å². The minimum atomic E-state index is 0.587. The smallest absolute Gasteiger partial charge is 0.146 e. The molecule has 4 aromatic heterocycles. The van der Waals surface area contributed by atoms with Gasteiger partial charge in [0.1, 0.15) is 11.6 Å². The lowest BCUT2D eigenvalue weighted by Gasteiger charge is -2.17. The van der Waals surface area contributed by atoms with E-state index in [9.17, 15) is 0 Å². The molecule has 63 heavy (non-hydrogen) atoms. The predicted molar refractivity (Wildman–Crippen MR) is 260 cm³/mol. The van der Waals surface area contributed by atoms with Crippen LogP contribution in [0, 0.1) is 0 Å². The third kappa shape index (κ3) is 5.25. The van der Waals surface area contributed by atoms with E-state index in [0.29, 0.717) is 5.02 Å². The fourth-order valence-corrected chi connectivity index (χ4v) is 10.2. The molecule has 0 saturated heterocycles. The van der Waals surface area contributed by atoms with Crippen molar-refractivity contribution < 1.29 is 0 Å². The topological polar surface area (TPSA) is 45.5 Å². The van der Waals surface area contributed by atoms with E-state index in [1.165, 1.54) is 0 Å². The first-order valence-corrected chi connectivity index (χ1v) is 21.5. The molecule has 0 atom stereocenters. The van der Waals surface area contributed by atoms with E-state index in [-0.39, 0.29) is 0 Å². The van der Waals surface area contributed by atoms with Crippen LogP contribution in [0.3, 0.4) is 0 Å². The molecule has 0 spiro atoms. The lowest BCUT2D eigenvalue weighted by atomic mass is 10.1. The Kier molecular flexibility index (Phi) is 7.86. The first kappa shape index (κ1) is 35.6. The largest absolute Gasteiger partial charge is 0.309 e. The van der Waals surface area contributed by atoms with E-state index in [1.807, 2.05) is 12.1 Å². The molecule has 0 aliphatic rings. The Labute approximate surface area is 366 Å². The SMILES string of the molecule is Clc1c(-n2c(-c3cccc4c3c3ccccc3n4-c3ccccc3)nc3ccccc32)cccc1-n1c(-c2cccc3c2c2ccccc2n3-c2ccccc2)nc2ccccc21. The molecule has 0 fully saturated rings. The number of halogens is 1. The first-order valence-electron chi connectivity index (χ1n) is 21.1. The average Bonchev–Trinajstić information content (AvgIpc) is 4.10. The normalized spacial score (nSPS) is 11.9. The van der Waals surface area contributed by atoms with Crippen LogP contribution in [0.25, 0.3) is 111 Å². The third-order valence-electron chi connectivity index (χ3n) is 12.5. The molecule has 0 saturated carbocycles. The number of hydrogen-bond acceptors (Lipinski definition) is 2. The maximum atomic E-state index is 7.90. The van der Waals surface area contributed by atoms with Gasteiger partial charge in [-0.3, -0.25) is 9.13 Å². The summed E-state index contributed by atoms with van der Waals surface area (Å²) < 4.78 is 9.16. The van der Waals surface area contributed by atoms with Crippen molar-refractivity contribution in [2.24, 2.45) is 0 Å². The van der Waals surface area contributed by atoms with Gasteiger partial charge in [-0.1, -0.05) is 139 Å². The lowest BCUT2D eigenvalue weighted by molar-refractivity contribution is 1.07. The highest BCUT2D eigenvalue weighted by Crippen LogP contribution is 2.44. The summed E-state index contributed by atoms with van der Waals surface area (Å²) >= 11 is 7.90. The minimum absolute atomic E-state index is 0.587. The van der Waals surface area contributed by atoms with Gasteiger partial charge in [0.2, 0.25) is 0 Å². The maximum absolute atomic E-state index is 7.90. The molecule has 296 valence electrons. The summed E-state index contributed by atoms with van der Waals surface area (Å²) in [4.78, 5) is 10.8. The highest BCUT2D eigenvalue weighted by molar-refractivity contribution is 6.34. The molecule has 7 heteroatoms. The predicted octanol–water partition coefficient (Wildman–Crippen LogP) is 14.5. The highest BCUT2D eigenvalue weighted by Gasteiger charge is 2.26. The van der Waals surface area contributed by atoms with Crippen molar-refractivity contribution in [3.63, 3.8) is 0 Å². The summed E-state index contributed by atoms with van der Waals surface area (Å²) in [6.07, 6.45) is 0. The van der Waals surface area contributed by atoms with E-state index in [2.05, 4.69) is 218 Å². The van der Waals surface area contributed by atoms with Crippen LogP contribution in [0.4, 0.5) is 0 Å². The third-order valence-corrected chi connectivity index (χ3v) is 12.9. The molecule has 0 amide bonds. The summed E-state index contributed by atoms with van der Waals surface area (Å²) in [5, 5.41) is 5.16. The molecule has 0 N–H and O–H groups in total. The van der Waals surface area contributed by atoms with Gasteiger partial charge in [-0.2, -0.15) is 0 Å². The van der Waals surface area contributed by atoms with Gasteiger partial charge < -0.3 is 9.13 Å². The second kappa shape index (κ2) is 13.9. The van der Waals surface area contributed by atoms with E-state index in [4.69, 9.17) is 21.6 Å². The molecular weight excluding hydrogens is 792 g/mol. The van der Waals surface area contributed by atoms with E-state index in [0.717, 1.165) is 111 Å².